The first-order valence-electron chi connectivity index (χ1n) is 18.0. The van der Waals surface area contributed by atoms with Gasteiger partial charge in [-0.15, -0.1) is 6.42 Å². The number of nitrogens with zero attached hydrogens (tertiary/aromatic N) is 5. The van der Waals surface area contributed by atoms with Crippen LogP contribution in [0.2, 0.25) is 5.02 Å². The third-order valence-electron chi connectivity index (χ3n) is 9.74. The number of amides is 2. The van der Waals surface area contributed by atoms with E-state index in [1.165, 1.54) is 24.6 Å². The number of carbonyl (C=O) groups excluding carboxylic acids is 2. The molecule has 10 nitrogen and oxygen atoms in total. The van der Waals surface area contributed by atoms with E-state index in [1.54, 1.807) is 25.2 Å². The zero-order valence-corrected chi connectivity index (χ0v) is 31.9. The molecule has 0 radical (unpaired) electrons. The first-order valence-corrected chi connectivity index (χ1v) is 18.4. The molecule has 2 aliphatic rings. The van der Waals surface area contributed by atoms with Crippen LogP contribution in [0.5, 0.6) is 0 Å². The lowest BCUT2D eigenvalue weighted by molar-refractivity contribution is -0.123. The number of carbonyl (C=O) groups is 2. The predicted octanol–water partition coefficient (Wildman–Crippen LogP) is 7.48. The van der Waals surface area contributed by atoms with E-state index in [4.69, 9.17) is 23.0 Å². The molecule has 0 spiro atoms. The summed E-state index contributed by atoms with van der Waals surface area (Å²) in [4.78, 5) is 31.5. The molecule has 300 valence electrons. The van der Waals surface area contributed by atoms with Crippen molar-refractivity contribution in [1.82, 2.24) is 29.9 Å². The van der Waals surface area contributed by atoms with Crippen molar-refractivity contribution in [1.29, 1.82) is 0 Å². The SMILES string of the molecule is C#CC1CC(F)(F)c2c1c(C(F)F)nn2CC(=O)NC(Cc1cc(F)cc(F)c1)c1nc(C#CC(C)(C)O)ccc1-c1ccc(Cl)c2c(NC(=O)C3CC3)nn(C)c12. The number of aromatic nitrogens is 5. The Morgan fingerprint density at radius 1 is 1.07 bits per heavy atom. The maximum absolute atomic E-state index is 15.3. The zero-order valence-electron chi connectivity index (χ0n) is 31.1. The van der Waals surface area contributed by atoms with Gasteiger partial charge < -0.3 is 15.7 Å². The van der Waals surface area contributed by atoms with E-state index in [0.29, 0.717) is 32.8 Å². The molecule has 3 N–H and O–H groups in total. The standard InChI is InChI=1S/C41H34ClF6N7O3/c1-5-21-18-41(47,48)36-31(21)34(37(45)46)52-55(36)19-30(56)50-29(16-20-14-23(43)17-24(44)15-20)33-26(9-8-25(49-33)12-13-40(2,3)58)27-10-11-28(42)32-35(27)54(4)53-38(32)51-39(57)22-6-7-22/h1,8-11,14-15,17,21-22,29,37,58H,6-7,16,18-19H2,2-4H3,(H,50,56)(H,51,53,57). The Morgan fingerprint density at radius 2 is 1.76 bits per heavy atom. The van der Waals surface area contributed by atoms with E-state index < -0.39 is 77.4 Å². The molecule has 1 fully saturated rings. The fraction of sp³-hybridized carbons (Fsp3) is 0.341. The number of aryl methyl sites for hydroxylation is 1. The van der Waals surface area contributed by atoms with Crippen molar-refractivity contribution in [2.75, 3.05) is 5.32 Å². The first kappa shape index (κ1) is 40.4. The second-order valence-electron chi connectivity index (χ2n) is 14.8. The Hall–Kier alpha value is -5.84. The van der Waals surface area contributed by atoms with E-state index in [0.717, 1.165) is 25.0 Å². The number of hydrogen-bond donors (Lipinski definition) is 3. The minimum atomic E-state index is -3.69. The number of fused-ring (bicyclic) bond motifs is 2. The lowest BCUT2D eigenvalue weighted by Crippen LogP contribution is -2.35. The monoisotopic (exact) mass is 821 g/mol. The molecule has 2 unspecified atom stereocenters. The van der Waals surface area contributed by atoms with Crippen LogP contribution in [-0.4, -0.2) is 47.1 Å². The normalized spacial score (nSPS) is 16.4. The summed E-state index contributed by atoms with van der Waals surface area (Å²) in [7, 11) is 1.62. The van der Waals surface area contributed by atoms with Gasteiger partial charge in [-0.25, -0.2) is 22.5 Å². The number of rotatable bonds is 10. The summed E-state index contributed by atoms with van der Waals surface area (Å²) in [6.45, 7) is 1.93. The molecule has 0 saturated heterocycles. The summed E-state index contributed by atoms with van der Waals surface area (Å²) in [6, 6.07) is 7.77. The quantitative estimate of drug-likeness (QED) is 0.0991. The minimum absolute atomic E-state index is 0.0544. The van der Waals surface area contributed by atoms with Crippen molar-refractivity contribution >= 4 is 40.1 Å². The number of halogens is 7. The largest absolute Gasteiger partial charge is 0.378 e. The van der Waals surface area contributed by atoms with Gasteiger partial charge in [0, 0.05) is 42.1 Å². The highest BCUT2D eigenvalue weighted by Gasteiger charge is 2.51. The van der Waals surface area contributed by atoms with Crippen LogP contribution in [0.1, 0.15) is 85.4 Å². The number of anilines is 1. The van der Waals surface area contributed by atoms with Gasteiger partial charge in [-0.2, -0.15) is 19.0 Å². The first-order chi connectivity index (χ1) is 27.3. The molecule has 2 aliphatic carbocycles. The lowest BCUT2D eigenvalue weighted by atomic mass is 9.93. The summed E-state index contributed by atoms with van der Waals surface area (Å²) < 4.78 is 90.0. The average Bonchev–Trinajstić information content (AvgIpc) is 3.76. The number of benzene rings is 2. The van der Waals surface area contributed by atoms with E-state index in [2.05, 4.69) is 38.6 Å². The number of hydrogen-bond acceptors (Lipinski definition) is 6. The molecule has 3 heterocycles. The smallest absolute Gasteiger partial charge is 0.291 e. The lowest BCUT2D eigenvalue weighted by Gasteiger charge is -2.23. The molecule has 2 atom stereocenters. The summed E-state index contributed by atoms with van der Waals surface area (Å²) in [5, 5.41) is 24.7. The second kappa shape index (κ2) is 15.2. The highest BCUT2D eigenvalue weighted by molar-refractivity contribution is 6.37. The summed E-state index contributed by atoms with van der Waals surface area (Å²) in [5.74, 6) is -0.531. The van der Waals surface area contributed by atoms with Crippen molar-refractivity contribution in [3.63, 3.8) is 0 Å². The van der Waals surface area contributed by atoms with Crippen molar-refractivity contribution in [2.45, 2.75) is 76.0 Å². The maximum atomic E-state index is 15.3. The van der Waals surface area contributed by atoms with Crippen LogP contribution in [-0.2, 0) is 35.5 Å². The van der Waals surface area contributed by atoms with Gasteiger partial charge in [-0.3, -0.25) is 19.0 Å². The molecule has 17 heteroatoms. The van der Waals surface area contributed by atoms with Gasteiger partial charge in [0.1, 0.15) is 40.9 Å². The summed E-state index contributed by atoms with van der Waals surface area (Å²) >= 11 is 6.70. The van der Waals surface area contributed by atoms with Crippen LogP contribution in [0, 0.1) is 41.7 Å². The Labute approximate surface area is 333 Å². The summed E-state index contributed by atoms with van der Waals surface area (Å²) in [6.07, 6.45) is 2.34. The Kier molecular flexibility index (Phi) is 10.5. The number of alkyl halides is 4. The molecule has 2 amide bonds. The predicted molar refractivity (Wildman–Crippen MR) is 202 cm³/mol. The molecule has 5 aromatic rings. The minimum Gasteiger partial charge on any atom is -0.378 e. The third-order valence-corrected chi connectivity index (χ3v) is 10.1. The molecule has 2 aromatic carbocycles. The van der Waals surface area contributed by atoms with E-state index in [-0.39, 0.29) is 46.0 Å². The Balaban J connectivity index is 1.38. The van der Waals surface area contributed by atoms with Crippen LogP contribution < -0.4 is 10.6 Å². The maximum Gasteiger partial charge on any atom is 0.291 e. The van der Waals surface area contributed by atoms with E-state index >= 15 is 8.78 Å². The van der Waals surface area contributed by atoms with Crippen molar-refractivity contribution in [3.8, 4) is 35.3 Å². The molecular weight excluding hydrogens is 788 g/mol. The van der Waals surface area contributed by atoms with Gasteiger partial charge in [-0.1, -0.05) is 29.5 Å². The molecule has 7 rings (SSSR count). The Bertz CT molecular complexity index is 2570. The molecule has 0 aliphatic heterocycles. The number of terminal acetylenes is 1. The van der Waals surface area contributed by atoms with Crippen molar-refractivity contribution in [3.05, 3.63) is 93.0 Å². The van der Waals surface area contributed by atoms with Gasteiger partial charge in [0.25, 0.3) is 12.3 Å². The number of pyridine rings is 1. The number of nitrogens with one attached hydrogen (secondary N) is 2. The highest BCUT2D eigenvalue weighted by atomic mass is 35.5. The Morgan fingerprint density at radius 3 is 2.40 bits per heavy atom. The molecular formula is C41H34ClF6N7O3. The third kappa shape index (κ3) is 8.12. The van der Waals surface area contributed by atoms with Crippen molar-refractivity contribution in [2.24, 2.45) is 13.0 Å². The fourth-order valence-corrected chi connectivity index (χ4v) is 7.40. The topological polar surface area (TPSA) is 127 Å². The van der Waals surface area contributed by atoms with E-state index in [1.807, 2.05) is 0 Å². The van der Waals surface area contributed by atoms with E-state index in [9.17, 15) is 32.3 Å². The van der Waals surface area contributed by atoms with Crippen LogP contribution in [0.15, 0.2) is 42.5 Å². The number of aliphatic hydroxyl groups is 1. The van der Waals surface area contributed by atoms with Crippen LogP contribution >= 0.6 is 11.6 Å². The van der Waals surface area contributed by atoms with Gasteiger partial charge in [-0.05, 0) is 74.9 Å². The fourth-order valence-electron chi connectivity index (χ4n) is 7.16. The van der Waals surface area contributed by atoms with Crippen molar-refractivity contribution < 1.29 is 41.0 Å². The average molecular weight is 822 g/mol. The van der Waals surface area contributed by atoms with Crippen LogP contribution in [0.3, 0.4) is 0 Å². The molecule has 1 saturated carbocycles. The van der Waals surface area contributed by atoms with Gasteiger partial charge >= 0.3 is 0 Å². The van der Waals surface area contributed by atoms with Gasteiger partial charge in [0.2, 0.25) is 11.8 Å². The molecule has 58 heavy (non-hydrogen) atoms. The summed E-state index contributed by atoms with van der Waals surface area (Å²) in [5.41, 5.74) is -2.44. The van der Waals surface area contributed by atoms with Crippen LogP contribution in [0.25, 0.3) is 22.0 Å². The van der Waals surface area contributed by atoms with Gasteiger partial charge in [0.15, 0.2) is 5.82 Å². The van der Waals surface area contributed by atoms with Gasteiger partial charge in [0.05, 0.1) is 33.6 Å². The van der Waals surface area contributed by atoms with Crippen LogP contribution in [0.4, 0.5) is 32.2 Å². The molecule has 3 aromatic heterocycles. The highest BCUT2D eigenvalue weighted by Crippen LogP contribution is 2.51. The molecule has 0 bridgehead atoms. The zero-order chi connectivity index (χ0) is 41.8. The second-order valence-corrected chi connectivity index (χ2v) is 15.2.